The van der Waals surface area contributed by atoms with Gasteiger partial charge < -0.3 is 20.3 Å². The molecule has 4 rings (SSSR count). The maximum absolute atomic E-state index is 13.3. The summed E-state index contributed by atoms with van der Waals surface area (Å²) in [6, 6.07) is 7.13. The fourth-order valence-electron chi connectivity index (χ4n) is 4.55. The molecule has 3 aliphatic rings. The minimum Gasteiger partial charge on any atom is -0.360 e. The summed E-state index contributed by atoms with van der Waals surface area (Å²) in [7, 11) is 0. The second-order valence-electron chi connectivity index (χ2n) is 8.53. The van der Waals surface area contributed by atoms with E-state index in [4.69, 9.17) is 4.74 Å². The summed E-state index contributed by atoms with van der Waals surface area (Å²) in [5.41, 5.74) is 0.663. The second-order valence-corrected chi connectivity index (χ2v) is 8.53. The van der Waals surface area contributed by atoms with E-state index in [1.165, 1.54) is 6.92 Å². The highest BCUT2D eigenvalue weighted by Crippen LogP contribution is 2.52. The van der Waals surface area contributed by atoms with Gasteiger partial charge in [0.05, 0.1) is 24.5 Å². The van der Waals surface area contributed by atoms with Gasteiger partial charge in [0.1, 0.15) is 5.60 Å². The summed E-state index contributed by atoms with van der Waals surface area (Å²) in [6.45, 7) is 6.66. The highest BCUT2D eigenvalue weighted by atomic mass is 16.5. The van der Waals surface area contributed by atoms with Crippen LogP contribution >= 0.6 is 0 Å². The molecule has 0 unspecified atom stereocenters. The lowest BCUT2D eigenvalue weighted by molar-refractivity contribution is -0.131. The summed E-state index contributed by atoms with van der Waals surface area (Å²) in [6.07, 6.45) is 4.42. The van der Waals surface area contributed by atoms with Gasteiger partial charge in [0.2, 0.25) is 17.7 Å². The monoisotopic (exact) mass is 397 g/mol. The van der Waals surface area contributed by atoms with E-state index in [1.807, 2.05) is 12.2 Å². The van der Waals surface area contributed by atoms with Crippen LogP contribution in [0.5, 0.6) is 0 Å². The Hall–Kier alpha value is -2.67. The molecule has 0 aliphatic carbocycles. The number of hydrogen-bond acceptors (Lipinski definition) is 4. The molecule has 3 heterocycles. The van der Waals surface area contributed by atoms with Gasteiger partial charge in [0.15, 0.2) is 0 Å². The van der Waals surface area contributed by atoms with Crippen LogP contribution in [0.15, 0.2) is 36.4 Å². The second kappa shape index (κ2) is 7.30. The fourth-order valence-corrected chi connectivity index (χ4v) is 4.55. The Kier molecular flexibility index (Phi) is 4.94. The summed E-state index contributed by atoms with van der Waals surface area (Å²) >= 11 is 0. The summed E-state index contributed by atoms with van der Waals surface area (Å²) in [5.74, 6) is -0.849. The van der Waals surface area contributed by atoms with E-state index in [-0.39, 0.29) is 23.8 Å². The molecule has 7 nitrogen and oxygen atoms in total. The maximum Gasteiger partial charge on any atom is 0.234 e. The molecule has 0 radical (unpaired) electrons. The molecule has 3 aliphatic heterocycles. The standard InChI is InChI=1S/C22H27N3O4/c1-13(2)9-11-23-20(27)18-17-8-10-22(29-17)12-25(21(28)19(18)22)16-6-4-15(5-7-16)24-14(3)26/h4-8,10,13,17-19H,9,11-12H2,1-3H3,(H,23,27)(H,24,26)/t17-,18-,19+,22-/m0/s1. The van der Waals surface area contributed by atoms with Crippen molar-refractivity contribution in [2.45, 2.75) is 38.9 Å². The van der Waals surface area contributed by atoms with Crippen LogP contribution in [-0.2, 0) is 19.1 Å². The van der Waals surface area contributed by atoms with Gasteiger partial charge in [-0.05, 0) is 36.6 Å². The van der Waals surface area contributed by atoms with Gasteiger partial charge in [-0.15, -0.1) is 0 Å². The van der Waals surface area contributed by atoms with E-state index in [2.05, 4.69) is 24.5 Å². The molecule has 1 spiro atoms. The smallest absolute Gasteiger partial charge is 0.234 e. The third-order valence-electron chi connectivity index (χ3n) is 5.92. The molecular weight excluding hydrogens is 370 g/mol. The number of benzene rings is 1. The zero-order valence-corrected chi connectivity index (χ0v) is 17.0. The third kappa shape index (κ3) is 3.44. The Labute approximate surface area is 170 Å². The van der Waals surface area contributed by atoms with Crippen LogP contribution in [0.2, 0.25) is 0 Å². The molecule has 0 saturated carbocycles. The number of nitrogens with one attached hydrogen (secondary N) is 2. The van der Waals surface area contributed by atoms with Crippen molar-refractivity contribution < 1.29 is 19.1 Å². The molecule has 3 amide bonds. The zero-order valence-electron chi connectivity index (χ0n) is 17.0. The largest absolute Gasteiger partial charge is 0.360 e. The Morgan fingerprint density at radius 3 is 2.66 bits per heavy atom. The van der Waals surface area contributed by atoms with Crippen LogP contribution in [-0.4, -0.2) is 42.5 Å². The number of anilines is 2. The Morgan fingerprint density at radius 2 is 2.00 bits per heavy atom. The van der Waals surface area contributed by atoms with Crippen LogP contribution in [0.1, 0.15) is 27.2 Å². The van der Waals surface area contributed by atoms with E-state index in [0.29, 0.717) is 24.7 Å². The number of ether oxygens (including phenoxy) is 1. The van der Waals surface area contributed by atoms with Crippen molar-refractivity contribution in [3.8, 4) is 0 Å². The van der Waals surface area contributed by atoms with Crippen LogP contribution in [0, 0.1) is 17.8 Å². The van der Waals surface area contributed by atoms with E-state index in [0.717, 1.165) is 12.1 Å². The summed E-state index contributed by atoms with van der Waals surface area (Å²) in [5, 5.41) is 5.70. The van der Waals surface area contributed by atoms with Crippen molar-refractivity contribution in [3.63, 3.8) is 0 Å². The van der Waals surface area contributed by atoms with Gasteiger partial charge in [-0.2, -0.15) is 0 Å². The normalized spacial score (nSPS) is 29.4. The van der Waals surface area contributed by atoms with Crippen LogP contribution in [0.25, 0.3) is 0 Å². The summed E-state index contributed by atoms with van der Waals surface area (Å²) < 4.78 is 6.15. The average molecular weight is 397 g/mol. The number of nitrogens with zero attached hydrogens (tertiary/aromatic N) is 1. The average Bonchev–Trinajstić information content (AvgIpc) is 3.30. The predicted octanol–water partition coefficient (Wildman–Crippen LogP) is 2.09. The fraction of sp³-hybridized carbons (Fsp3) is 0.500. The van der Waals surface area contributed by atoms with E-state index in [1.54, 1.807) is 29.2 Å². The number of carbonyl (C=O) groups is 3. The Bertz CT molecular complexity index is 863. The lowest BCUT2D eigenvalue weighted by atomic mass is 9.77. The number of carbonyl (C=O) groups excluding carboxylic acids is 3. The Morgan fingerprint density at radius 1 is 1.28 bits per heavy atom. The van der Waals surface area contributed by atoms with Crippen molar-refractivity contribution in [2.24, 2.45) is 17.8 Å². The van der Waals surface area contributed by atoms with Gasteiger partial charge in [0, 0.05) is 24.8 Å². The number of hydrogen-bond donors (Lipinski definition) is 2. The van der Waals surface area contributed by atoms with Gasteiger partial charge in [-0.25, -0.2) is 0 Å². The minimum atomic E-state index is -0.738. The molecule has 2 bridgehead atoms. The van der Waals surface area contributed by atoms with Crippen LogP contribution < -0.4 is 15.5 Å². The minimum absolute atomic E-state index is 0.0897. The predicted molar refractivity (Wildman–Crippen MR) is 109 cm³/mol. The van der Waals surface area contributed by atoms with E-state index in [9.17, 15) is 14.4 Å². The van der Waals surface area contributed by atoms with Crippen molar-refractivity contribution in [2.75, 3.05) is 23.3 Å². The first-order valence-electron chi connectivity index (χ1n) is 10.1. The van der Waals surface area contributed by atoms with Gasteiger partial charge in [-0.1, -0.05) is 26.0 Å². The molecule has 154 valence electrons. The van der Waals surface area contributed by atoms with Crippen molar-refractivity contribution >= 4 is 29.1 Å². The molecule has 2 N–H and O–H groups in total. The van der Waals surface area contributed by atoms with E-state index >= 15 is 0 Å². The lowest BCUT2D eigenvalue weighted by Crippen LogP contribution is -2.44. The SMILES string of the molecule is CC(=O)Nc1ccc(N2C[C@]34C=C[C@H](O3)[C@H](C(=O)NCCC(C)C)[C@@H]4C2=O)cc1. The van der Waals surface area contributed by atoms with Gasteiger partial charge in [0.25, 0.3) is 0 Å². The number of fused-ring (bicyclic) bond motifs is 1. The number of rotatable bonds is 6. The molecular formula is C22H27N3O4. The maximum atomic E-state index is 13.3. The zero-order chi connectivity index (χ0) is 20.8. The Balaban J connectivity index is 1.52. The molecule has 29 heavy (non-hydrogen) atoms. The number of amides is 3. The molecule has 0 aromatic heterocycles. The molecule has 2 fully saturated rings. The van der Waals surface area contributed by atoms with Crippen molar-refractivity contribution in [1.82, 2.24) is 5.32 Å². The first kappa shape index (κ1) is 19.6. The summed E-state index contributed by atoms with van der Waals surface area (Å²) in [4.78, 5) is 39.0. The molecule has 4 atom stereocenters. The van der Waals surface area contributed by atoms with Crippen molar-refractivity contribution in [3.05, 3.63) is 36.4 Å². The topological polar surface area (TPSA) is 87.7 Å². The van der Waals surface area contributed by atoms with E-state index < -0.39 is 17.4 Å². The quantitative estimate of drug-likeness (QED) is 0.720. The molecule has 7 heteroatoms. The first-order valence-corrected chi connectivity index (χ1v) is 10.1. The van der Waals surface area contributed by atoms with Gasteiger partial charge in [-0.3, -0.25) is 14.4 Å². The van der Waals surface area contributed by atoms with Gasteiger partial charge >= 0.3 is 0 Å². The lowest BCUT2D eigenvalue weighted by Gasteiger charge is -2.23. The highest BCUT2D eigenvalue weighted by molar-refractivity contribution is 6.03. The third-order valence-corrected chi connectivity index (χ3v) is 5.92. The van der Waals surface area contributed by atoms with Crippen LogP contribution in [0.4, 0.5) is 11.4 Å². The molecule has 1 aromatic carbocycles. The molecule has 2 saturated heterocycles. The van der Waals surface area contributed by atoms with Crippen molar-refractivity contribution in [1.29, 1.82) is 0 Å². The first-order chi connectivity index (χ1) is 13.8. The molecule has 1 aromatic rings. The highest BCUT2D eigenvalue weighted by Gasteiger charge is 2.67. The van der Waals surface area contributed by atoms with Crippen LogP contribution in [0.3, 0.4) is 0 Å².